The third-order valence-corrected chi connectivity index (χ3v) is 7.52. The summed E-state index contributed by atoms with van der Waals surface area (Å²) < 4.78 is 35.1. The molecular formula is C25H30N6O4S. The fraction of sp³-hybridized carbons (Fsp3) is 0.280. The maximum Gasteiger partial charge on any atom is 0.243 e. The summed E-state index contributed by atoms with van der Waals surface area (Å²) in [5.74, 6) is -0.669. The molecule has 190 valence electrons. The number of nitrogens with two attached hydrogens (primary N) is 1. The van der Waals surface area contributed by atoms with E-state index in [1.807, 2.05) is 12.1 Å². The van der Waals surface area contributed by atoms with Gasteiger partial charge in [0, 0.05) is 31.3 Å². The van der Waals surface area contributed by atoms with Crippen molar-refractivity contribution in [2.24, 2.45) is 0 Å². The molecule has 0 amide bonds. The number of nitrogen functional groups attached to an aromatic ring is 1. The molecule has 0 atom stereocenters. The van der Waals surface area contributed by atoms with Crippen molar-refractivity contribution < 1.29 is 17.9 Å². The molecule has 0 bridgehead atoms. The number of ether oxygens (including phenoxy) is 2. The topological polar surface area (TPSA) is 164 Å². The van der Waals surface area contributed by atoms with E-state index >= 15 is 0 Å². The molecule has 2 aromatic carbocycles. The van der Waals surface area contributed by atoms with Gasteiger partial charge in [0.1, 0.15) is 0 Å². The molecule has 0 aliphatic carbocycles. The van der Waals surface area contributed by atoms with Crippen molar-refractivity contribution in [1.82, 2.24) is 15.3 Å². The maximum atomic E-state index is 12.4. The van der Waals surface area contributed by atoms with Crippen molar-refractivity contribution in [2.75, 3.05) is 26.0 Å². The van der Waals surface area contributed by atoms with E-state index in [1.54, 1.807) is 45.2 Å². The molecule has 3 aromatic rings. The smallest absolute Gasteiger partial charge is 0.243 e. The highest BCUT2D eigenvalue weighted by molar-refractivity contribution is 7.92. The Labute approximate surface area is 210 Å². The van der Waals surface area contributed by atoms with E-state index in [2.05, 4.69) is 15.3 Å². The Morgan fingerprint density at radius 3 is 2.33 bits per heavy atom. The summed E-state index contributed by atoms with van der Waals surface area (Å²) in [6.45, 7) is 5.27. The molecule has 0 saturated heterocycles. The molecule has 1 heterocycles. The van der Waals surface area contributed by atoms with Gasteiger partial charge in [0.15, 0.2) is 21.3 Å². The van der Waals surface area contributed by atoms with E-state index in [9.17, 15) is 8.42 Å². The second kappa shape index (κ2) is 11.8. The summed E-state index contributed by atoms with van der Waals surface area (Å²) in [4.78, 5) is 8.69. The summed E-state index contributed by atoms with van der Waals surface area (Å²) in [7, 11) is -1.75. The van der Waals surface area contributed by atoms with Gasteiger partial charge in [-0.3, -0.25) is 10.8 Å². The molecule has 11 heteroatoms. The first-order chi connectivity index (χ1) is 17.1. The largest absolute Gasteiger partial charge is 0.419 e. The molecule has 5 N–H and O–H groups in total. The van der Waals surface area contributed by atoms with Crippen LogP contribution in [0.5, 0.6) is 0 Å². The van der Waals surface area contributed by atoms with Gasteiger partial charge in [0.2, 0.25) is 11.8 Å². The molecule has 3 rings (SSSR count). The van der Waals surface area contributed by atoms with E-state index in [0.29, 0.717) is 30.0 Å². The van der Waals surface area contributed by atoms with Crippen LogP contribution in [0, 0.1) is 10.8 Å². The quantitative estimate of drug-likeness (QED) is 0.184. The van der Waals surface area contributed by atoms with Crippen LogP contribution in [0.1, 0.15) is 30.7 Å². The van der Waals surface area contributed by atoms with E-state index in [1.165, 1.54) is 18.3 Å². The lowest BCUT2D eigenvalue weighted by atomic mass is 10.1. The van der Waals surface area contributed by atoms with Gasteiger partial charge in [-0.25, -0.2) is 18.4 Å². The Bertz CT molecular complexity index is 1320. The summed E-state index contributed by atoms with van der Waals surface area (Å²) in [5, 5.41) is 19.2. The van der Waals surface area contributed by atoms with Crippen molar-refractivity contribution in [1.29, 1.82) is 10.8 Å². The first-order valence-corrected chi connectivity index (χ1v) is 12.8. The van der Waals surface area contributed by atoms with Gasteiger partial charge in [-0.05, 0) is 43.7 Å². The molecule has 0 radical (unpaired) electrons. The van der Waals surface area contributed by atoms with Gasteiger partial charge in [0.05, 0.1) is 28.6 Å². The molecule has 1 aromatic heterocycles. The van der Waals surface area contributed by atoms with E-state index in [0.717, 1.165) is 12.1 Å². The van der Waals surface area contributed by atoms with Crippen LogP contribution < -0.4 is 11.1 Å². The van der Waals surface area contributed by atoms with Crippen molar-refractivity contribution >= 4 is 27.5 Å². The highest BCUT2D eigenvalue weighted by Crippen LogP contribution is 2.23. The standard InChI is InChI=1S/C25H30N6O4S/c1-16(2)36(32,33)20-10-8-18(9-11-20)21-15-30-23(26)22(31-21)25(28)35-24(27)19-6-4-17(5-7-19)14-29-12-13-34-3/h4-11,15-16,27-29H,12-14H2,1-3H3,(H2,26,30). The van der Waals surface area contributed by atoms with Crippen LogP contribution in [0.3, 0.4) is 0 Å². The van der Waals surface area contributed by atoms with Crippen molar-refractivity contribution in [3.63, 3.8) is 0 Å². The molecule has 0 unspecified atom stereocenters. The number of aromatic nitrogens is 2. The van der Waals surface area contributed by atoms with Crippen LogP contribution in [0.2, 0.25) is 0 Å². The predicted molar refractivity (Wildman–Crippen MR) is 139 cm³/mol. The minimum atomic E-state index is -3.40. The lowest BCUT2D eigenvalue weighted by molar-refractivity contribution is 0.199. The Balaban J connectivity index is 1.71. The van der Waals surface area contributed by atoms with Crippen molar-refractivity contribution in [3.8, 4) is 11.3 Å². The summed E-state index contributed by atoms with van der Waals surface area (Å²) in [6.07, 6.45) is 1.43. The number of sulfone groups is 1. The highest BCUT2D eigenvalue weighted by Gasteiger charge is 2.20. The summed E-state index contributed by atoms with van der Waals surface area (Å²) >= 11 is 0. The van der Waals surface area contributed by atoms with Crippen LogP contribution in [0.15, 0.2) is 59.6 Å². The minimum absolute atomic E-state index is 0.0184. The molecular weight excluding hydrogens is 480 g/mol. The van der Waals surface area contributed by atoms with E-state index in [-0.39, 0.29) is 22.3 Å². The Morgan fingerprint density at radius 2 is 1.72 bits per heavy atom. The Kier molecular flexibility index (Phi) is 8.86. The molecule has 0 spiro atoms. The zero-order chi connectivity index (χ0) is 26.3. The van der Waals surface area contributed by atoms with E-state index < -0.39 is 21.0 Å². The van der Waals surface area contributed by atoms with Crippen LogP contribution in [0.4, 0.5) is 5.82 Å². The third kappa shape index (κ3) is 6.51. The van der Waals surface area contributed by atoms with Crippen LogP contribution in [0.25, 0.3) is 11.3 Å². The van der Waals surface area contributed by atoms with Gasteiger partial charge in [-0.1, -0.05) is 24.3 Å². The molecule has 0 fully saturated rings. The van der Waals surface area contributed by atoms with Crippen LogP contribution in [-0.4, -0.2) is 55.7 Å². The normalized spacial score (nSPS) is 11.4. The van der Waals surface area contributed by atoms with Crippen molar-refractivity contribution in [3.05, 3.63) is 71.5 Å². The second-order valence-corrected chi connectivity index (χ2v) is 10.7. The van der Waals surface area contributed by atoms with Crippen molar-refractivity contribution in [2.45, 2.75) is 30.5 Å². The fourth-order valence-electron chi connectivity index (χ4n) is 3.18. The van der Waals surface area contributed by atoms with Gasteiger partial charge >= 0.3 is 0 Å². The average Bonchev–Trinajstić information content (AvgIpc) is 2.87. The monoisotopic (exact) mass is 510 g/mol. The van der Waals surface area contributed by atoms with Crippen LogP contribution in [-0.2, 0) is 25.9 Å². The number of methoxy groups -OCH3 is 1. The molecule has 0 aliphatic heterocycles. The lowest BCUT2D eigenvalue weighted by Gasteiger charge is -2.12. The number of nitrogens with one attached hydrogen (secondary N) is 3. The third-order valence-electron chi connectivity index (χ3n) is 5.35. The number of nitrogens with zero attached hydrogens (tertiary/aromatic N) is 2. The van der Waals surface area contributed by atoms with Gasteiger partial charge in [0.25, 0.3) is 0 Å². The highest BCUT2D eigenvalue weighted by atomic mass is 32.2. The first-order valence-electron chi connectivity index (χ1n) is 11.2. The number of anilines is 1. The summed E-state index contributed by atoms with van der Waals surface area (Å²) in [5.41, 5.74) is 8.42. The predicted octanol–water partition coefficient (Wildman–Crippen LogP) is 3.01. The first kappa shape index (κ1) is 26.9. The SMILES string of the molecule is COCCNCc1ccc(C(=N)OC(=N)c2nc(-c3ccc(S(=O)(=O)C(C)C)cc3)cnc2N)cc1. The number of hydrogen-bond donors (Lipinski definition) is 4. The second-order valence-electron chi connectivity index (χ2n) is 8.23. The minimum Gasteiger partial charge on any atom is -0.419 e. The summed E-state index contributed by atoms with van der Waals surface area (Å²) in [6, 6.07) is 13.5. The van der Waals surface area contributed by atoms with Gasteiger partial charge < -0.3 is 20.5 Å². The Morgan fingerprint density at radius 1 is 1.06 bits per heavy atom. The van der Waals surface area contributed by atoms with Gasteiger partial charge in [-0.2, -0.15) is 0 Å². The maximum absolute atomic E-state index is 12.4. The number of rotatable bonds is 10. The Hall–Kier alpha value is -3.67. The molecule has 0 saturated carbocycles. The fourth-order valence-corrected chi connectivity index (χ4v) is 4.24. The molecule has 36 heavy (non-hydrogen) atoms. The number of benzene rings is 2. The molecule has 0 aliphatic rings. The van der Waals surface area contributed by atoms with Crippen LogP contribution >= 0.6 is 0 Å². The van der Waals surface area contributed by atoms with E-state index in [4.69, 9.17) is 26.0 Å². The average molecular weight is 511 g/mol. The van der Waals surface area contributed by atoms with Gasteiger partial charge in [-0.15, -0.1) is 0 Å². The zero-order valence-electron chi connectivity index (χ0n) is 20.4. The zero-order valence-corrected chi connectivity index (χ0v) is 21.2. The lowest BCUT2D eigenvalue weighted by Crippen LogP contribution is -2.19. The molecule has 10 nitrogen and oxygen atoms in total. The number of hydrogen-bond acceptors (Lipinski definition) is 10.